The Bertz CT molecular complexity index is 515. The molecule has 3 nitrogen and oxygen atoms in total. The maximum Gasteiger partial charge on any atom is 0.102 e. The van der Waals surface area contributed by atoms with Crippen molar-refractivity contribution in [3.63, 3.8) is 0 Å². The molecule has 1 aliphatic rings. The number of benzene rings is 1. The largest absolute Gasteiger partial charge is 0.372 e. The Kier molecular flexibility index (Phi) is 4.62. The molecule has 0 spiro atoms. The van der Waals surface area contributed by atoms with Gasteiger partial charge in [0.05, 0.1) is 11.3 Å². The number of hydrogen-bond donors (Lipinski definition) is 0. The van der Waals surface area contributed by atoms with Crippen molar-refractivity contribution < 1.29 is 0 Å². The van der Waals surface area contributed by atoms with E-state index in [9.17, 15) is 5.26 Å². The van der Waals surface area contributed by atoms with Gasteiger partial charge in [0.15, 0.2) is 0 Å². The van der Waals surface area contributed by atoms with Crippen LogP contribution in [0.15, 0.2) is 23.1 Å². The molecule has 0 radical (unpaired) electrons. The fourth-order valence-electron chi connectivity index (χ4n) is 2.98. The van der Waals surface area contributed by atoms with Gasteiger partial charge in [-0.25, -0.2) is 0 Å². The van der Waals surface area contributed by atoms with Crippen LogP contribution in [0.5, 0.6) is 0 Å². The second-order valence-electron chi connectivity index (χ2n) is 5.79. The number of anilines is 1. The van der Waals surface area contributed by atoms with Gasteiger partial charge in [-0.05, 0) is 51.7 Å². The highest BCUT2D eigenvalue weighted by Gasteiger charge is 2.40. The van der Waals surface area contributed by atoms with Gasteiger partial charge in [0.1, 0.15) is 6.07 Å². The van der Waals surface area contributed by atoms with E-state index in [1.165, 1.54) is 19.3 Å². The van der Waals surface area contributed by atoms with E-state index in [0.717, 1.165) is 22.7 Å². The van der Waals surface area contributed by atoms with E-state index in [4.69, 9.17) is 0 Å². The minimum Gasteiger partial charge on any atom is -0.372 e. The zero-order valence-electron chi connectivity index (χ0n) is 12.8. The molecular weight excluding hydrogens is 266 g/mol. The fourth-order valence-corrected chi connectivity index (χ4v) is 3.55. The Morgan fingerprint density at radius 1 is 1.30 bits per heavy atom. The van der Waals surface area contributed by atoms with Crippen molar-refractivity contribution in [1.82, 2.24) is 4.90 Å². The minimum absolute atomic E-state index is 0.275. The van der Waals surface area contributed by atoms with Crippen molar-refractivity contribution in [2.45, 2.75) is 29.7 Å². The third-order valence-corrected chi connectivity index (χ3v) is 5.29. The average Bonchev–Trinajstić information content (AvgIpc) is 2.40. The predicted octanol–water partition coefficient (Wildman–Crippen LogP) is 3.20. The summed E-state index contributed by atoms with van der Waals surface area (Å²) in [5, 5.41) is 9.46. The molecule has 0 aliphatic heterocycles. The van der Waals surface area contributed by atoms with Crippen LogP contribution in [0.4, 0.5) is 5.69 Å². The van der Waals surface area contributed by atoms with Crippen molar-refractivity contribution in [2.24, 2.45) is 0 Å². The van der Waals surface area contributed by atoms with E-state index in [1.54, 1.807) is 11.8 Å². The molecule has 0 heterocycles. The summed E-state index contributed by atoms with van der Waals surface area (Å²) >= 11 is 1.64. The first-order chi connectivity index (χ1) is 9.54. The van der Waals surface area contributed by atoms with Crippen LogP contribution >= 0.6 is 11.8 Å². The van der Waals surface area contributed by atoms with Gasteiger partial charge in [0.2, 0.25) is 0 Å². The molecule has 1 fully saturated rings. The first kappa shape index (κ1) is 15.2. The molecule has 0 amide bonds. The summed E-state index contributed by atoms with van der Waals surface area (Å²) in [7, 11) is 6.43. The lowest BCUT2D eigenvalue weighted by atomic mass is 9.75. The van der Waals surface area contributed by atoms with Gasteiger partial charge in [-0.2, -0.15) is 5.26 Å². The lowest BCUT2D eigenvalue weighted by molar-refractivity contribution is 0.0683. The number of hydrogen-bond acceptors (Lipinski definition) is 4. The second kappa shape index (κ2) is 6.07. The molecule has 0 atom stereocenters. The summed E-state index contributed by atoms with van der Waals surface area (Å²) in [4.78, 5) is 5.65. The van der Waals surface area contributed by atoms with Crippen molar-refractivity contribution in [1.29, 1.82) is 5.26 Å². The summed E-state index contributed by atoms with van der Waals surface area (Å²) in [5.74, 6) is 0. The quantitative estimate of drug-likeness (QED) is 0.779. The summed E-state index contributed by atoms with van der Waals surface area (Å²) in [5.41, 5.74) is 2.12. The highest BCUT2D eigenvalue weighted by atomic mass is 32.2. The Hall–Kier alpha value is -1.18. The number of rotatable bonds is 5. The van der Waals surface area contributed by atoms with Crippen LogP contribution in [0.2, 0.25) is 0 Å². The van der Waals surface area contributed by atoms with E-state index in [-0.39, 0.29) is 5.54 Å². The van der Waals surface area contributed by atoms with Crippen LogP contribution in [-0.4, -0.2) is 44.4 Å². The van der Waals surface area contributed by atoms with E-state index in [2.05, 4.69) is 43.1 Å². The standard InChI is InChI=1S/C16H23N3S/c1-18(2)16(9-6-10-16)12-19(3)14-7-5-8-15(20-4)13(14)11-17/h5,7-8H,6,9-10,12H2,1-4H3. The van der Waals surface area contributed by atoms with Gasteiger partial charge < -0.3 is 9.80 Å². The minimum atomic E-state index is 0.275. The molecule has 1 aliphatic carbocycles. The summed E-state index contributed by atoms with van der Waals surface area (Å²) in [6, 6.07) is 8.49. The monoisotopic (exact) mass is 289 g/mol. The number of likely N-dealkylation sites (N-methyl/N-ethyl adjacent to an activating group) is 2. The zero-order valence-corrected chi connectivity index (χ0v) is 13.6. The molecule has 2 rings (SSSR count). The SMILES string of the molecule is CSc1cccc(N(C)CC2(N(C)C)CCC2)c1C#N. The average molecular weight is 289 g/mol. The summed E-state index contributed by atoms with van der Waals surface area (Å²) in [6.07, 6.45) is 5.82. The molecule has 1 saturated carbocycles. The maximum atomic E-state index is 9.46. The topological polar surface area (TPSA) is 30.3 Å². The molecule has 1 aromatic carbocycles. The van der Waals surface area contributed by atoms with Gasteiger partial charge >= 0.3 is 0 Å². The number of nitrogens with zero attached hydrogens (tertiary/aromatic N) is 3. The van der Waals surface area contributed by atoms with Gasteiger partial charge in [0.25, 0.3) is 0 Å². The molecule has 0 bridgehead atoms. The first-order valence-electron chi connectivity index (χ1n) is 7.00. The first-order valence-corrected chi connectivity index (χ1v) is 8.22. The van der Waals surface area contributed by atoms with Gasteiger partial charge in [0, 0.05) is 24.0 Å². The van der Waals surface area contributed by atoms with E-state index in [1.807, 2.05) is 18.4 Å². The van der Waals surface area contributed by atoms with Crippen LogP contribution in [0.1, 0.15) is 24.8 Å². The van der Waals surface area contributed by atoms with E-state index >= 15 is 0 Å². The van der Waals surface area contributed by atoms with Gasteiger partial charge in [-0.15, -0.1) is 11.8 Å². The highest BCUT2D eigenvalue weighted by Crippen LogP contribution is 2.38. The zero-order chi connectivity index (χ0) is 14.8. The van der Waals surface area contributed by atoms with Crippen LogP contribution in [0.25, 0.3) is 0 Å². The predicted molar refractivity (Wildman–Crippen MR) is 86.5 cm³/mol. The van der Waals surface area contributed by atoms with Gasteiger partial charge in [-0.1, -0.05) is 6.07 Å². The third-order valence-electron chi connectivity index (χ3n) is 4.51. The van der Waals surface area contributed by atoms with Crippen LogP contribution in [0, 0.1) is 11.3 Å². The maximum absolute atomic E-state index is 9.46. The lowest BCUT2D eigenvalue weighted by Crippen LogP contribution is -2.56. The van der Waals surface area contributed by atoms with Gasteiger partial charge in [-0.3, -0.25) is 0 Å². The molecule has 1 aromatic rings. The summed E-state index contributed by atoms with van der Waals surface area (Å²) < 4.78 is 0. The molecule has 0 aromatic heterocycles. The van der Waals surface area contributed by atoms with Crippen molar-refractivity contribution in [3.8, 4) is 6.07 Å². The van der Waals surface area contributed by atoms with Crippen LogP contribution < -0.4 is 4.90 Å². The van der Waals surface area contributed by atoms with E-state index < -0.39 is 0 Å². The molecule has 0 N–H and O–H groups in total. The Labute approximate surface area is 126 Å². The molecule has 108 valence electrons. The molecule has 0 saturated heterocycles. The van der Waals surface area contributed by atoms with Crippen molar-refractivity contribution in [2.75, 3.05) is 38.8 Å². The Morgan fingerprint density at radius 2 is 2.00 bits per heavy atom. The molecule has 20 heavy (non-hydrogen) atoms. The lowest BCUT2D eigenvalue weighted by Gasteiger charge is -2.49. The van der Waals surface area contributed by atoms with Crippen LogP contribution in [0.3, 0.4) is 0 Å². The Balaban J connectivity index is 2.26. The Morgan fingerprint density at radius 3 is 2.45 bits per heavy atom. The smallest absolute Gasteiger partial charge is 0.102 e. The molecule has 0 unspecified atom stereocenters. The van der Waals surface area contributed by atoms with Crippen molar-refractivity contribution in [3.05, 3.63) is 23.8 Å². The third kappa shape index (κ3) is 2.65. The van der Waals surface area contributed by atoms with Crippen LogP contribution in [-0.2, 0) is 0 Å². The second-order valence-corrected chi connectivity index (χ2v) is 6.64. The number of nitriles is 1. The fraction of sp³-hybridized carbons (Fsp3) is 0.562. The van der Waals surface area contributed by atoms with Crippen molar-refractivity contribution >= 4 is 17.4 Å². The van der Waals surface area contributed by atoms with E-state index in [0.29, 0.717) is 0 Å². The highest BCUT2D eigenvalue weighted by molar-refractivity contribution is 7.98. The summed E-state index contributed by atoms with van der Waals surface area (Å²) in [6.45, 7) is 0.979. The number of thioether (sulfide) groups is 1. The normalized spacial score (nSPS) is 16.6. The molecule has 4 heteroatoms. The molecular formula is C16H23N3S.